The molecule has 0 spiro atoms. The minimum atomic E-state index is 0.455. The summed E-state index contributed by atoms with van der Waals surface area (Å²) in [5, 5.41) is 1.51. The molecule has 0 unspecified atom stereocenters. The molecule has 1 nitrogen and oxygen atoms in total. The third-order valence-corrected chi connectivity index (χ3v) is 3.74. The second-order valence-electron chi connectivity index (χ2n) is 3.96. The summed E-state index contributed by atoms with van der Waals surface area (Å²) in [7, 11) is 1.62. The van der Waals surface area contributed by atoms with Gasteiger partial charge >= 0.3 is 0 Å². The zero-order valence-corrected chi connectivity index (χ0v) is 12.2. The van der Waals surface area contributed by atoms with Crippen molar-refractivity contribution in [1.82, 2.24) is 0 Å². The van der Waals surface area contributed by atoms with Gasteiger partial charge in [0.15, 0.2) is 0 Å². The molecule has 0 fully saturated rings. The Morgan fingerprint density at radius 2 is 1.61 bits per heavy atom. The summed E-state index contributed by atoms with van der Waals surface area (Å²) in [6.45, 7) is 1.98. The van der Waals surface area contributed by atoms with E-state index in [2.05, 4.69) is 0 Å². The molecule has 2 aromatic rings. The predicted octanol–water partition coefficient (Wildman–Crippen LogP) is 5.63. The van der Waals surface area contributed by atoms with Crippen LogP contribution in [0.3, 0.4) is 0 Å². The van der Waals surface area contributed by atoms with Crippen molar-refractivity contribution >= 4 is 34.8 Å². The van der Waals surface area contributed by atoms with E-state index < -0.39 is 0 Å². The number of methoxy groups -OCH3 is 1. The normalized spacial score (nSPS) is 10.5. The lowest BCUT2D eigenvalue weighted by atomic mass is 10.0. The van der Waals surface area contributed by atoms with Crippen LogP contribution in [0, 0.1) is 6.92 Å². The van der Waals surface area contributed by atoms with E-state index in [1.165, 1.54) is 0 Å². The van der Waals surface area contributed by atoms with E-state index in [-0.39, 0.29) is 0 Å². The second kappa shape index (κ2) is 5.40. The summed E-state index contributed by atoms with van der Waals surface area (Å²) in [6.07, 6.45) is 0. The van der Waals surface area contributed by atoms with E-state index in [9.17, 15) is 0 Å². The van der Waals surface area contributed by atoms with Gasteiger partial charge in [0.25, 0.3) is 0 Å². The Bertz CT molecular complexity index is 594. The highest BCUT2D eigenvalue weighted by atomic mass is 35.5. The molecule has 0 aliphatic rings. The molecule has 18 heavy (non-hydrogen) atoms. The molecule has 0 aliphatic heterocycles. The summed E-state index contributed by atoms with van der Waals surface area (Å²) < 4.78 is 5.25. The molecule has 0 aliphatic carbocycles. The second-order valence-corrected chi connectivity index (χ2v) is 5.15. The minimum absolute atomic E-state index is 0.455. The lowest BCUT2D eigenvalue weighted by Crippen LogP contribution is -1.88. The lowest BCUT2D eigenvalue weighted by Gasteiger charge is -2.11. The number of hydrogen-bond acceptors (Lipinski definition) is 1. The quantitative estimate of drug-likeness (QED) is 0.653. The number of ether oxygens (including phenoxy) is 1. The third kappa shape index (κ3) is 2.59. The molecule has 0 atom stereocenters. The van der Waals surface area contributed by atoms with Gasteiger partial charge in [-0.3, -0.25) is 0 Å². The zero-order chi connectivity index (χ0) is 13.3. The first-order valence-corrected chi connectivity index (χ1v) is 6.46. The Morgan fingerprint density at radius 1 is 0.944 bits per heavy atom. The van der Waals surface area contributed by atoms with E-state index in [0.717, 1.165) is 22.4 Å². The maximum Gasteiger partial charge on any atom is 0.119 e. The van der Waals surface area contributed by atoms with Crippen molar-refractivity contribution < 1.29 is 4.74 Å². The molecular weight excluding hydrogens is 291 g/mol. The van der Waals surface area contributed by atoms with Crippen LogP contribution in [-0.4, -0.2) is 7.11 Å². The summed E-state index contributed by atoms with van der Waals surface area (Å²) >= 11 is 18.5. The van der Waals surface area contributed by atoms with Crippen molar-refractivity contribution in [3.8, 4) is 16.9 Å². The number of halogens is 3. The number of benzene rings is 2. The first-order valence-electron chi connectivity index (χ1n) is 5.32. The molecule has 0 bridgehead atoms. The van der Waals surface area contributed by atoms with E-state index in [4.69, 9.17) is 39.5 Å². The van der Waals surface area contributed by atoms with E-state index >= 15 is 0 Å². The van der Waals surface area contributed by atoms with Crippen LogP contribution < -0.4 is 4.74 Å². The Morgan fingerprint density at radius 3 is 2.28 bits per heavy atom. The predicted molar refractivity (Wildman–Crippen MR) is 78.2 cm³/mol. The van der Waals surface area contributed by atoms with Gasteiger partial charge in [-0.25, -0.2) is 0 Å². The monoisotopic (exact) mass is 300 g/mol. The molecule has 4 heteroatoms. The van der Waals surface area contributed by atoms with Crippen LogP contribution in [0.2, 0.25) is 15.1 Å². The van der Waals surface area contributed by atoms with Gasteiger partial charge in [-0.1, -0.05) is 40.9 Å². The van der Waals surface area contributed by atoms with Gasteiger partial charge in [-0.2, -0.15) is 0 Å². The standard InChI is InChI=1S/C14H11Cl3O/c1-8-5-9(7-10(6-8)18-2)13-11(15)3-4-12(16)14(13)17/h3-7H,1-2H3. The highest BCUT2D eigenvalue weighted by Crippen LogP contribution is 2.40. The molecule has 2 aromatic carbocycles. The highest BCUT2D eigenvalue weighted by molar-refractivity contribution is 6.46. The Hall–Kier alpha value is -0.890. The molecule has 0 heterocycles. The number of hydrogen-bond donors (Lipinski definition) is 0. The van der Waals surface area contributed by atoms with Gasteiger partial charge in [0, 0.05) is 10.6 Å². The maximum atomic E-state index is 6.22. The van der Waals surface area contributed by atoms with Gasteiger partial charge in [0.2, 0.25) is 0 Å². The van der Waals surface area contributed by atoms with Crippen LogP contribution in [0.25, 0.3) is 11.1 Å². The van der Waals surface area contributed by atoms with Crippen LogP contribution in [0.15, 0.2) is 30.3 Å². The average molecular weight is 302 g/mol. The highest BCUT2D eigenvalue weighted by Gasteiger charge is 2.13. The Labute approximate surface area is 121 Å². The van der Waals surface area contributed by atoms with Gasteiger partial charge in [0.05, 0.1) is 17.2 Å². The topological polar surface area (TPSA) is 9.23 Å². The summed E-state index contributed by atoms with van der Waals surface area (Å²) in [4.78, 5) is 0. The van der Waals surface area contributed by atoms with Gasteiger partial charge < -0.3 is 4.74 Å². The minimum Gasteiger partial charge on any atom is -0.497 e. The van der Waals surface area contributed by atoms with Gasteiger partial charge in [-0.15, -0.1) is 0 Å². The van der Waals surface area contributed by atoms with Crippen LogP contribution >= 0.6 is 34.8 Å². The molecule has 0 amide bonds. The van der Waals surface area contributed by atoms with Gasteiger partial charge in [0.1, 0.15) is 5.75 Å². The van der Waals surface area contributed by atoms with Crippen LogP contribution in [0.4, 0.5) is 0 Å². The SMILES string of the molecule is COc1cc(C)cc(-c2c(Cl)ccc(Cl)c2Cl)c1. The molecule has 0 aromatic heterocycles. The van der Waals surface area contributed by atoms with Crippen molar-refractivity contribution in [1.29, 1.82) is 0 Å². The Balaban J connectivity index is 2.69. The molecule has 94 valence electrons. The smallest absolute Gasteiger partial charge is 0.119 e. The molecular formula is C14H11Cl3O. The number of aryl methyl sites for hydroxylation is 1. The summed E-state index contributed by atoms with van der Waals surface area (Å²) in [6, 6.07) is 9.24. The largest absolute Gasteiger partial charge is 0.497 e. The first-order chi connectivity index (χ1) is 8.52. The lowest BCUT2D eigenvalue weighted by molar-refractivity contribution is 0.414. The third-order valence-electron chi connectivity index (χ3n) is 2.62. The molecule has 0 radical (unpaired) electrons. The van der Waals surface area contributed by atoms with Crippen LogP contribution in [0.1, 0.15) is 5.56 Å². The van der Waals surface area contributed by atoms with Crippen LogP contribution in [0.5, 0.6) is 5.75 Å². The fraction of sp³-hybridized carbons (Fsp3) is 0.143. The maximum absolute atomic E-state index is 6.22. The van der Waals surface area contributed by atoms with Crippen molar-refractivity contribution in [3.63, 3.8) is 0 Å². The Kier molecular flexibility index (Phi) is 4.06. The van der Waals surface area contributed by atoms with E-state index in [0.29, 0.717) is 15.1 Å². The molecule has 0 saturated heterocycles. The first kappa shape index (κ1) is 13.5. The average Bonchev–Trinajstić information content (AvgIpc) is 2.34. The van der Waals surface area contributed by atoms with Crippen molar-refractivity contribution in [2.24, 2.45) is 0 Å². The molecule has 0 saturated carbocycles. The summed E-state index contributed by atoms with van der Waals surface area (Å²) in [5.74, 6) is 0.761. The van der Waals surface area contributed by atoms with Crippen molar-refractivity contribution in [2.45, 2.75) is 6.92 Å². The zero-order valence-electron chi connectivity index (χ0n) is 9.93. The van der Waals surface area contributed by atoms with Crippen molar-refractivity contribution in [3.05, 3.63) is 51.0 Å². The number of rotatable bonds is 2. The fourth-order valence-corrected chi connectivity index (χ4v) is 2.55. The summed E-state index contributed by atoms with van der Waals surface area (Å²) in [5.41, 5.74) is 2.69. The van der Waals surface area contributed by atoms with Gasteiger partial charge in [-0.05, 0) is 42.3 Å². The van der Waals surface area contributed by atoms with E-state index in [1.807, 2.05) is 25.1 Å². The fourth-order valence-electron chi connectivity index (χ4n) is 1.80. The van der Waals surface area contributed by atoms with Crippen LogP contribution in [-0.2, 0) is 0 Å². The molecule has 2 rings (SSSR count). The molecule has 0 N–H and O–H groups in total. The van der Waals surface area contributed by atoms with E-state index in [1.54, 1.807) is 19.2 Å². The van der Waals surface area contributed by atoms with Crippen molar-refractivity contribution in [2.75, 3.05) is 7.11 Å².